The van der Waals surface area contributed by atoms with E-state index < -0.39 is 0 Å². The Kier molecular flexibility index (Phi) is 5.92. The Morgan fingerprint density at radius 1 is 0.957 bits per heavy atom. The van der Waals surface area contributed by atoms with Gasteiger partial charge in [-0.15, -0.1) is 0 Å². The molecule has 0 unspecified atom stereocenters. The summed E-state index contributed by atoms with van der Waals surface area (Å²) in [6.45, 7) is 4.49. The Balaban J connectivity index is 1.83. The Morgan fingerprint density at radius 2 is 1.61 bits per heavy atom. The molecule has 0 radical (unpaired) electrons. The van der Waals surface area contributed by atoms with E-state index in [4.69, 9.17) is 4.74 Å². The summed E-state index contributed by atoms with van der Waals surface area (Å²) in [7, 11) is 0. The predicted octanol–water partition coefficient (Wildman–Crippen LogP) is 4.00. The van der Waals surface area contributed by atoms with E-state index in [1.165, 1.54) is 0 Å². The quantitative estimate of drug-likeness (QED) is 0.786. The largest absolute Gasteiger partial charge is 0.494 e. The number of carbonyl (C=O) groups is 2. The van der Waals surface area contributed by atoms with E-state index >= 15 is 0 Å². The summed E-state index contributed by atoms with van der Waals surface area (Å²) in [4.78, 5) is 24.0. The van der Waals surface area contributed by atoms with Crippen molar-refractivity contribution in [1.29, 1.82) is 0 Å². The van der Waals surface area contributed by atoms with E-state index in [9.17, 15) is 9.59 Å². The van der Waals surface area contributed by atoms with Gasteiger partial charge in [-0.05, 0) is 50.2 Å². The molecule has 0 saturated carbocycles. The number of nitrogens with one attached hydrogen (secondary N) is 1. The third-order valence-electron chi connectivity index (χ3n) is 3.40. The van der Waals surface area contributed by atoms with Crippen LogP contribution in [0, 0.1) is 6.92 Å². The predicted molar refractivity (Wildman–Crippen MR) is 91.0 cm³/mol. The second-order valence-corrected chi connectivity index (χ2v) is 5.29. The monoisotopic (exact) mass is 311 g/mol. The number of amides is 1. The smallest absolute Gasteiger partial charge is 0.224 e. The molecule has 0 aliphatic heterocycles. The van der Waals surface area contributed by atoms with Crippen LogP contribution in [-0.2, 0) is 4.79 Å². The maximum absolute atomic E-state index is 12.1. The number of hydrogen-bond acceptors (Lipinski definition) is 3. The molecule has 120 valence electrons. The molecule has 1 N–H and O–H groups in total. The summed E-state index contributed by atoms with van der Waals surface area (Å²) in [5.74, 6) is 0.529. The summed E-state index contributed by atoms with van der Waals surface area (Å²) in [6.07, 6.45) is 0.353. The Morgan fingerprint density at radius 3 is 2.22 bits per heavy atom. The molecule has 2 aromatic rings. The first-order valence-corrected chi connectivity index (χ1v) is 7.71. The van der Waals surface area contributed by atoms with Gasteiger partial charge in [0.1, 0.15) is 5.75 Å². The van der Waals surface area contributed by atoms with Crippen LogP contribution in [0.25, 0.3) is 0 Å². The summed E-state index contributed by atoms with van der Waals surface area (Å²) in [6, 6.07) is 14.5. The van der Waals surface area contributed by atoms with E-state index in [0.717, 1.165) is 17.0 Å². The van der Waals surface area contributed by atoms with Gasteiger partial charge in [0.25, 0.3) is 0 Å². The molecule has 0 heterocycles. The standard InChI is InChI=1S/C19H21NO3/c1-3-23-17-10-6-15(7-11-17)18(21)12-13-19(22)20-16-8-4-14(2)5-9-16/h4-11H,3,12-13H2,1-2H3,(H,20,22). The number of hydrogen-bond donors (Lipinski definition) is 1. The summed E-state index contributed by atoms with van der Waals surface area (Å²) >= 11 is 0. The zero-order valence-electron chi connectivity index (χ0n) is 13.5. The van der Waals surface area contributed by atoms with Gasteiger partial charge in [-0.2, -0.15) is 0 Å². The minimum absolute atomic E-state index is 0.0490. The van der Waals surface area contributed by atoms with Crippen LogP contribution in [0.15, 0.2) is 48.5 Å². The van der Waals surface area contributed by atoms with Crippen LogP contribution in [-0.4, -0.2) is 18.3 Å². The van der Waals surface area contributed by atoms with Gasteiger partial charge in [0.05, 0.1) is 6.61 Å². The van der Waals surface area contributed by atoms with E-state index in [1.807, 2.05) is 38.1 Å². The number of Topliss-reactive ketones (excluding diaryl/α,β-unsaturated/α-hetero) is 1. The highest BCUT2D eigenvalue weighted by Crippen LogP contribution is 2.14. The normalized spacial score (nSPS) is 10.2. The third-order valence-corrected chi connectivity index (χ3v) is 3.40. The van der Waals surface area contributed by atoms with Gasteiger partial charge in [-0.3, -0.25) is 9.59 Å². The van der Waals surface area contributed by atoms with Crippen molar-refractivity contribution in [3.8, 4) is 5.75 Å². The number of rotatable bonds is 7. The van der Waals surface area contributed by atoms with Crippen LogP contribution in [0.5, 0.6) is 5.75 Å². The second kappa shape index (κ2) is 8.13. The number of ketones is 1. The molecule has 0 fully saturated rings. The lowest BCUT2D eigenvalue weighted by Crippen LogP contribution is -2.13. The molecule has 0 bridgehead atoms. The maximum atomic E-state index is 12.1. The fourth-order valence-corrected chi connectivity index (χ4v) is 2.14. The van der Waals surface area contributed by atoms with Crippen molar-refractivity contribution < 1.29 is 14.3 Å². The molecule has 0 aromatic heterocycles. The first kappa shape index (κ1) is 16.7. The molecule has 2 rings (SSSR count). The molecular weight excluding hydrogens is 290 g/mol. The molecule has 1 amide bonds. The van der Waals surface area contributed by atoms with Gasteiger partial charge < -0.3 is 10.1 Å². The van der Waals surface area contributed by atoms with Crippen LogP contribution in [0.3, 0.4) is 0 Å². The SMILES string of the molecule is CCOc1ccc(C(=O)CCC(=O)Nc2ccc(C)cc2)cc1. The van der Waals surface area contributed by atoms with Gasteiger partial charge in [-0.1, -0.05) is 17.7 Å². The highest BCUT2D eigenvalue weighted by molar-refractivity contribution is 6.00. The first-order chi connectivity index (χ1) is 11.1. The molecule has 0 atom stereocenters. The van der Waals surface area contributed by atoms with Crippen molar-refractivity contribution in [3.63, 3.8) is 0 Å². The lowest BCUT2D eigenvalue weighted by atomic mass is 10.1. The molecule has 0 saturated heterocycles. The molecule has 0 aliphatic carbocycles. The number of carbonyl (C=O) groups excluding carboxylic acids is 2. The molecule has 0 spiro atoms. The summed E-state index contributed by atoms with van der Waals surface area (Å²) < 4.78 is 5.34. The minimum Gasteiger partial charge on any atom is -0.494 e. The van der Waals surface area contributed by atoms with Crippen molar-refractivity contribution in [2.75, 3.05) is 11.9 Å². The van der Waals surface area contributed by atoms with Crippen LogP contribution < -0.4 is 10.1 Å². The molecule has 2 aromatic carbocycles. The Labute approximate surface area is 136 Å². The van der Waals surface area contributed by atoms with Gasteiger partial charge >= 0.3 is 0 Å². The lowest BCUT2D eigenvalue weighted by molar-refractivity contribution is -0.116. The van der Waals surface area contributed by atoms with Crippen molar-refractivity contribution in [2.45, 2.75) is 26.7 Å². The van der Waals surface area contributed by atoms with E-state index in [-0.39, 0.29) is 24.5 Å². The van der Waals surface area contributed by atoms with Crippen molar-refractivity contribution in [1.82, 2.24) is 0 Å². The zero-order valence-corrected chi connectivity index (χ0v) is 13.5. The van der Waals surface area contributed by atoms with Crippen LogP contribution in [0.2, 0.25) is 0 Å². The molecule has 23 heavy (non-hydrogen) atoms. The van der Waals surface area contributed by atoms with E-state index in [0.29, 0.717) is 12.2 Å². The van der Waals surface area contributed by atoms with E-state index in [2.05, 4.69) is 5.32 Å². The fraction of sp³-hybridized carbons (Fsp3) is 0.263. The summed E-state index contributed by atoms with van der Waals surface area (Å²) in [5, 5.41) is 2.79. The second-order valence-electron chi connectivity index (χ2n) is 5.29. The van der Waals surface area contributed by atoms with Crippen molar-refractivity contribution >= 4 is 17.4 Å². The van der Waals surface area contributed by atoms with Gasteiger partial charge in [0.15, 0.2) is 5.78 Å². The van der Waals surface area contributed by atoms with E-state index in [1.54, 1.807) is 24.3 Å². The van der Waals surface area contributed by atoms with Crippen molar-refractivity contribution in [3.05, 3.63) is 59.7 Å². The van der Waals surface area contributed by atoms with Crippen LogP contribution in [0.1, 0.15) is 35.7 Å². The Hall–Kier alpha value is -2.62. The molecular formula is C19H21NO3. The maximum Gasteiger partial charge on any atom is 0.224 e. The van der Waals surface area contributed by atoms with Crippen molar-refractivity contribution in [2.24, 2.45) is 0 Å². The average molecular weight is 311 g/mol. The number of benzene rings is 2. The molecule has 0 aliphatic rings. The first-order valence-electron chi connectivity index (χ1n) is 7.71. The molecule has 4 nitrogen and oxygen atoms in total. The fourth-order valence-electron chi connectivity index (χ4n) is 2.14. The number of ether oxygens (including phenoxy) is 1. The van der Waals surface area contributed by atoms with Crippen LogP contribution in [0.4, 0.5) is 5.69 Å². The third kappa shape index (κ3) is 5.25. The highest BCUT2D eigenvalue weighted by atomic mass is 16.5. The molecule has 4 heteroatoms. The minimum atomic E-state index is -0.159. The Bertz CT molecular complexity index is 660. The lowest BCUT2D eigenvalue weighted by Gasteiger charge is -2.06. The van der Waals surface area contributed by atoms with Gasteiger partial charge in [0.2, 0.25) is 5.91 Å². The highest BCUT2D eigenvalue weighted by Gasteiger charge is 2.10. The number of aryl methyl sites for hydroxylation is 1. The van der Waals surface area contributed by atoms with Gasteiger partial charge in [0, 0.05) is 24.1 Å². The van der Waals surface area contributed by atoms with Gasteiger partial charge in [-0.25, -0.2) is 0 Å². The topological polar surface area (TPSA) is 55.4 Å². The number of anilines is 1. The van der Waals surface area contributed by atoms with Crippen LogP contribution >= 0.6 is 0 Å². The zero-order chi connectivity index (χ0) is 16.7. The average Bonchev–Trinajstić information content (AvgIpc) is 2.56. The summed E-state index contributed by atoms with van der Waals surface area (Å²) in [5.41, 5.74) is 2.47.